The van der Waals surface area contributed by atoms with Gasteiger partial charge in [-0.3, -0.25) is 14.4 Å². The third kappa shape index (κ3) is 2.65. The van der Waals surface area contributed by atoms with E-state index in [2.05, 4.69) is 13.8 Å². The third-order valence-electron chi connectivity index (χ3n) is 8.98. The quantitative estimate of drug-likeness (QED) is 0.750. The molecule has 0 aromatic heterocycles. The lowest BCUT2D eigenvalue weighted by Crippen LogP contribution is -2.58. The topological polar surface area (TPSA) is 80.7 Å². The van der Waals surface area contributed by atoms with Crippen LogP contribution in [0, 0.1) is 28.6 Å². The fourth-order valence-electron chi connectivity index (χ4n) is 7.32. The van der Waals surface area contributed by atoms with Crippen molar-refractivity contribution in [3.63, 3.8) is 0 Å². The van der Waals surface area contributed by atoms with E-state index >= 15 is 0 Å². The number of allylic oxidation sites excluding steroid dienone is 1. The van der Waals surface area contributed by atoms with Crippen LogP contribution in [0.2, 0.25) is 0 Å². The predicted octanol–water partition coefficient (Wildman–Crippen LogP) is 3.38. The number of rotatable bonds is 3. The molecule has 28 heavy (non-hydrogen) atoms. The highest BCUT2D eigenvalue weighted by molar-refractivity contribution is 5.92. The molecular weight excluding hydrogens is 356 g/mol. The monoisotopic (exact) mass is 388 g/mol. The van der Waals surface area contributed by atoms with Gasteiger partial charge in [0.15, 0.2) is 12.4 Å². The number of hydrogen-bond acceptors (Lipinski definition) is 5. The molecule has 0 bridgehead atoms. The highest BCUT2D eigenvalue weighted by atomic mass is 16.5. The van der Waals surface area contributed by atoms with Gasteiger partial charge >= 0.3 is 5.97 Å². The molecule has 3 saturated carbocycles. The summed E-state index contributed by atoms with van der Waals surface area (Å²) in [5.41, 5.74) is -0.459. The van der Waals surface area contributed by atoms with Gasteiger partial charge in [0.2, 0.25) is 5.78 Å². The van der Waals surface area contributed by atoms with Crippen molar-refractivity contribution in [2.24, 2.45) is 28.6 Å². The lowest BCUT2D eigenvalue weighted by atomic mass is 9.46. The molecule has 0 saturated heterocycles. The Morgan fingerprint density at radius 2 is 1.82 bits per heavy atom. The van der Waals surface area contributed by atoms with Gasteiger partial charge in [0.1, 0.15) is 5.60 Å². The largest absolute Gasteiger partial charge is 0.458 e. The van der Waals surface area contributed by atoms with E-state index in [9.17, 15) is 19.5 Å². The number of carbonyl (C=O) groups is 3. The van der Waals surface area contributed by atoms with Crippen molar-refractivity contribution >= 4 is 17.5 Å². The van der Waals surface area contributed by atoms with E-state index in [0.717, 1.165) is 38.5 Å². The van der Waals surface area contributed by atoms with Crippen LogP contribution in [0.15, 0.2) is 11.6 Å². The first-order valence-electron chi connectivity index (χ1n) is 10.7. The smallest absolute Gasteiger partial charge is 0.303 e. The van der Waals surface area contributed by atoms with E-state index in [1.54, 1.807) is 0 Å². The van der Waals surface area contributed by atoms with Crippen molar-refractivity contribution in [3.8, 4) is 0 Å². The summed E-state index contributed by atoms with van der Waals surface area (Å²) >= 11 is 0. The van der Waals surface area contributed by atoms with Crippen LogP contribution < -0.4 is 0 Å². The average Bonchev–Trinajstić information content (AvgIpc) is 2.92. The summed E-state index contributed by atoms with van der Waals surface area (Å²) < 4.78 is 4.92. The first-order valence-corrected chi connectivity index (χ1v) is 10.7. The highest BCUT2D eigenvalue weighted by Crippen LogP contribution is 2.67. The zero-order valence-corrected chi connectivity index (χ0v) is 17.3. The molecule has 5 unspecified atom stereocenters. The molecule has 4 rings (SSSR count). The van der Waals surface area contributed by atoms with Crippen molar-refractivity contribution in [3.05, 3.63) is 11.6 Å². The SMILES string of the molecule is CC(=O)OCC(=O)[C@]1(O)CCC2C3CCC4=CC(=O)CCC4(C)C3CCC21C. The number of ether oxygens (including phenoxy) is 1. The molecule has 6 atom stereocenters. The maximum atomic E-state index is 12.8. The summed E-state index contributed by atoms with van der Waals surface area (Å²) in [5.74, 6) is 0.712. The van der Waals surface area contributed by atoms with Gasteiger partial charge < -0.3 is 9.84 Å². The predicted molar refractivity (Wildman–Crippen MR) is 103 cm³/mol. The first kappa shape index (κ1) is 19.8. The number of aliphatic hydroxyl groups is 1. The summed E-state index contributed by atoms with van der Waals surface area (Å²) in [6.07, 6.45) is 8.53. The lowest BCUT2D eigenvalue weighted by molar-refractivity contribution is -0.169. The Morgan fingerprint density at radius 3 is 2.54 bits per heavy atom. The van der Waals surface area contributed by atoms with Crippen molar-refractivity contribution in [1.29, 1.82) is 0 Å². The Morgan fingerprint density at radius 1 is 1.11 bits per heavy atom. The third-order valence-corrected chi connectivity index (χ3v) is 8.98. The lowest BCUT2D eigenvalue weighted by Gasteiger charge is -2.58. The molecule has 0 aromatic carbocycles. The summed E-state index contributed by atoms with van der Waals surface area (Å²) in [4.78, 5) is 35.9. The number of hydrogen-bond donors (Lipinski definition) is 1. The van der Waals surface area contributed by atoms with E-state index in [0.29, 0.717) is 30.6 Å². The average molecular weight is 389 g/mol. The van der Waals surface area contributed by atoms with E-state index in [-0.39, 0.29) is 23.6 Å². The van der Waals surface area contributed by atoms with Crippen molar-refractivity contribution in [1.82, 2.24) is 0 Å². The van der Waals surface area contributed by atoms with Crippen LogP contribution in [0.1, 0.15) is 72.1 Å². The molecule has 154 valence electrons. The summed E-state index contributed by atoms with van der Waals surface area (Å²) in [6.45, 7) is 5.35. The number of carbonyl (C=O) groups excluding carboxylic acids is 3. The van der Waals surface area contributed by atoms with E-state index in [1.807, 2.05) is 6.08 Å². The second-order valence-corrected chi connectivity index (χ2v) is 10.0. The molecule has 0 spiro atoms. The Balaban J connectivity index is 1.60. The van der Waals surface area contributed by atoms with Gasteiger partial charge in [0, 0.05) is 18.8 Å². The van der Waals surface area contributed by atoms with Crippen molar-refractivity contribution < 1.29 is 24.2 Å². The van der Waals surface area contributed by atoms with Gasteiger partial charge in [-0.15, -0.1) is 0 Å². The molecule has 4 aliphatic rings. The Bertz CT molecular complexity index is 754. The van der Waals surface area contributed by atoms with Gasteiger partial charge in [-0.25, -0.2) is 0 Å². The molecule has 1 N–H and O–H groups in total. The Kier molecular flexibility index (Phi) is 4.61. The first-order chi connectivity index (χ1) is 13.1. The van der Waals surface area contributed by atoms with Crippen LogP contribution in [-0.2, 0) is 19.1 Å². The zero-order chi connectivity index (χ0) is 20.3. The molecule has 0 aromatic rings. The molecule has 0 radical (unpaired) electrons. The Hall–Kier alpha value is -1.49. The number of fused-ring (bicyclic) bond motifs is 5. The molecule has 0 aliphatic heterocycles. The maximum absolute atomic E-state index is 12.8. The van der Waals surface area contributed by atoms with Gasteiger partial charge in [0.05, 0.1) is 0 Å². The maximum Gasteiger partial charge on any atom is 0.303 e. The van der Waals surface area contributed by atoms with Gasteiger partial charge in [-0.2, -0.15) is 0 Å². The van der Waals surface area contributed by atoms with E-state index in [1.165, 1.54) is 12.5 Å². The van der Waals surface area contributed by atoms with Crippen LogP contribution in [0.4, 0.5) is 0 Å². The normalized spacial score (nSPS) is 44.8. The minimum atomic E-state index is -1.41. The second-order valence-electron chi connectivity index (χ2n) is 10.0. The van der Waals surface area contributed by atoms with Gasteiger partial charge in [-0.05, 0) is 74.2 Å². The van der Waals surface area contributed by atoms with Gasteiger partial charge in [-0.1, -0.05) is 19.4 Å². The van der Waals surface area contributed by atoms with Crippen LogP contribution >= 0.6 is 0 Å². The van der Waals surface area contributed by atoms with Crippen molar-refractivity contribution in [2.45, 2.75) is 77.7 Å². The summed E-state index contributed by atoms with van der Waals surface area (Å²) in [7, 11) is 0. The van der Waals surface area contributed by atoms with E-state index in [4.69, 9.17) is 4.74 Å². The van der Waals surface area contributed by atoms with Crippen LogP contribution in [0.5, 0.6) is 0 Å². The van der Waals surface area contributed by atoms with Crippen LogP contribution in [0.3, 0.4) is 0 Å². The van der Waals surface area contributed by atoms with Crippen LogP contribution in [0.25, 0.3) is 0 Å². The molecule has 0 amide bonds. The van der Waals surface area contributed by atoms with Gasteiger partial charge in [0.25, 0.3) is 0 Å². The van der Waals surface area contributed by atoms with Crippen molar-refractivity contribution in [2.75, 3.05) is 6.61 Å². The fraction of sp³-hybridized carbons (Fsp3) is 0.783. The minimum absolute atomic E-state index is 0.0839. The second kappa shape index (κ2) is 6.51. The molecule has 3 fully saturated rings. The Labute approximate surface area is 166 Å². The molecule has 5 nitrogen and oxygen atoms in total. The molecule has 4 aliphatic carbocycles. The van der Waals surface area contributed by atoms with E-state index < -0.39 is 17.0 Å². The zero-order valence-electron chi connectivity index (χ0n) is 17.3. The highest BCUT2D eigenvalue weighted by Gasteiger charge is 2.66. The number of ketones is 2. The van der Waals surface area contributed by atoms with Crippen LogP contribution in [-0.4, -0.2) is 34.9 Å². The minimum Gasteiger partial charge on any atom is -0.458 e. The fourth-order valence-corrected chi connectivity index (χ4v) is 7.32. The molecule has 0 heterocycles. The molecule has 5 heteroatoms. The standard InChI is InChI=1S/C23H32O5/c1-14(24)28-13-20(26)23(27)11-8-19-17-5-4-15-12-16(25)6-9-21(15,2)18(17)7-10-22(19,23)3/h12,17-19,27H,4-11,13H2,1-3H3/t17?,18?,19?,21?,22?,23-/m1/s1. The summed E-state index contributed by atoms with van der Waals surface area (Å²) in [5, 5.41) is 11.5. The molecular formula is C23H32O5. The summed E-state index contributed by atoms with van der Waals surface area (Å²) in [6, 6.07) is 0. The number of esters is 1. The number of Topliss-reactive ketones (excluding diaryl/α,β-unsaturated/α-hetero) is 1.